The predicted octanol–water partition coefficient (Wildman–Crippen LogP) is 2.36. The van der Waals surface area contributed by atoms with E-state index in [-0.39, 0.29) is 11.8 Å². The molecule has 4 nitrogen and oxygen atoms in total. The molecule has 0 bridgehead atoms. The molecule has 0 aliphatic heterocycles. The van der Waals surface area contributed by atoms with Crippen LogP contribution in [0.2, 0.25) is 0 Å². The molecule has 0 unspecified atom stereocenters. The van der Waals surface area contributed by atoms with E-state index in [2.05, 4.69) is 19.2 Å². The molecule has 1 amide bonds. The summed E-state index contributed by atoms with van der Waals surface area (Å²) in [5.74, 6) is 1.48. The summed E-state index contributed by atoms with van der Waals surface area (Å²) in [4.78, 5) is 11.7. The van der Waals surface area contributed by atoms with Crippen molar-refractivity contribution in [1.29, 1.82) is 0 Å². The molecule has 3 N–H and O–H groups in total. The number of rotatable bonds is 8. The standard InChI is InChI=1S/C17H28N2O2/c1-12(2)11-21-15-7-5-14(6-8-15)9-10-19-17(20)16(18)13(3)4/h5-8,12-13,16H,9-11,18H2,1-4H3,(H,19,20)/t16-/m0/s1. The zero-order valence-electron chi connectivity index (χ0n) is 13.6. The van der Waals surface area contributed by atoms with Crippen LogP contribution in [0.3, 0.4) is 0 Å². The van der Waals surface area contributed by atoms with Gasteiger partial charge in [-0.2, -0.15) is 0 Å². The van der Waals surface area contributed by atoms with Gasteiger partial charge < -0.3 is 15.8 Å². The first-order valence-electron chi connectivity index (χ1n) is 7.65. The Morgan fingerprint density at radius 2 is 1.81 bits per heavy atom. The van der Waals surface area contributed by atoms with E-state index in [1.807, 2.05) is 38.1 Å². The normalized spacial score (nSPS) is 12.5. The van der Waals surface area contributed by atoms with Gasteiger partial charge in [0.05, 0.1) is 12.6 Å². The molecule has 0 spiro atoms. The average molecular weight is 292 g/mol. The molecule has 21 heavy (non-hydrogen) atoms. The van der Waals surface area contributed by atoms with Crippen molar-refractivity contribution in [3.63, 3.8) is 0 Å². The maximum atomic E-state index is 11.7. The first-order chi connectivity index (χ1) is 9.90. The number of hydrogen-bond acceptors (Lipinski definition) is 3. The number of carbonyl (C=O) groups is 1. The second-order valence-electron chi connectivity index (χ2n) is 6.16. The van der Waals surface area contributed by atoms with Gasteiger partial charge in [0.2, 0.25) is 5.91 Å². The molecule has 0 fully saturated rings. The van der Waals surface area contributed by atoms with Gasteiger partial charge in [0, 0.05) is 6.54 Å². The summed E-state index contributed by atoms with van der Waals surface area (Å²) in [6.07, 6.45) is 0.793. The summed E-state index contributed by atoms with van der Waals surface area (Å²) in [6.45, 7) is 9.46. The fraction of sp³-hybridized carbons (Fsp3) is 0.588. The predicted molar refractivity (Wildman–Crippen MR) is 86.3 cm³/mol. The Hall–Kier alpha value is -1.55. The molecule has 0 saturated heterocycles. The molecule has 1 rings (SSSR count). The highest BCUT2D eigenvalue weighted by Crippen LogP contribution is 2.13. The monoisotopic (exact) mass is 292 g/mol. The lowest BCUT2D eigenvalue weighted by Crippen LogP contribution is -2.44. The Morgan fingerprint density at radius 1 is 1.19 bits per heavy atom. The third kappa shape index (κ3) is 6.63. The van der Waals surface area contributed by atoms with Gasteiger partial charge >= 0.3 is 0 Å². The first-order valence-corrected chi connectivity index (χ1v) is 7.65. The molecule has 118 valence electrons. The third-order valence-corrected chi connectivity index (χ3v) is 3.24. The fourth-order valence-electron chi connectivity index (χ4n) is 1.77. The van der Waals surface area contributed by atoms with Crippen molar-refractivity contribution >= 4 is 5.91 Å². The number of ether oxygens (including phenoxy) is 1. The minimum atomic E-state index is -0.434. The lowest BCUT2D eigenvalue weighted by molar-refractivity contribution is -0.123. The maximum Gasteiger partial charge on any atom is 0.237 e. The average Bonchev–Trinajstić information content (AvgIpc) is 2.45. The Kier molecular flexibility index (Phi) is 7.23. The van der Waals surface area contributed by atoms with Crippen molar-refractivity contribution in [3.05, 3.63) is 29.8 Å². The quantitative estimate of drug-likeness (QED) is 0.773. The van der Waals surface area contributed by atoms with Gasteiger partial charge in [0.1, 0.15) is 5.75 Å². The molecule has 0 radical (unpaired) electrons. The highest BCUT2D eigenvalue weighted by Gasteiger charge is 2.16. The van der Waals surface area contributed by atoms with Crippen LogP contribution < -0.4 is 15.8 Å². The molecule has 1 atom stereocenters. The second-order valence-corrected chi connectivity index (χ2v) is 6.16. The summed E-state index contributed by atoms with van der Waals surface area (Å²) >= 11 is 0. The second kappa shape index (κ2) is 8.67. The van der Waals surface area contributed by atoms with E-state index in [4.69, 9.17) is 10.5 Å². The smallest absolute Gasteiger partial charge is 0.237 e. The van der Waals surface area contributed by atoms with Crippen LogP contribution >= 0.6 is 0 Å². The topological polar surface area (TPSA) is 64.3 Å². The number of benzene rings is 1. The minimum absolute atomic E-state index is 0.0816. The van der Waals surface area contributed by atoms with Crippen LogP contribution in [0.25, 0.3) is 0 Å². The number of nitrogens with one attached hydrogen (secondary N) is 1. The zero-order chi connectivity index (χ0) is 15.8. The number of nitrogens with two attached hydrogens (primary N) is 1. The number of carbonyl (C=O) groups excluding carboxylic acids is 1. The van der Waals surface area contributed by atoms with Crippen LogP contribution in [-0.2, 0) is 11.2 Å². The van der Waals surface area contributed by atoms with Crippen molar-refractivity contribution in [1.82, 2.24) is 5.32 Å². The Morgan fingerprint density at radius 3 is 2.33 bits per heavy atom. The fourth-order valence-corrected chi connectivity index (χ4v) is 1.77. The summed E-state index contributed by atoms with van der Waals surface area (Å²) in [5, 5.41) is 2.87. The van der Waals surface area contributed by atoms with Crippen LogP contribution in [0.4, 0.5) is 0 Å². The third-order valence-electron chi connectivity index (χ3n) is 3.24. The molecular weight excluding hydrogens is 264 g/mol. The van der Waals surface area contributed by atoms with E-state index in [1.165, 1.54) is 5.56 Å². The van der Waals surface area contributed by atoms with E-state index in [9.17, 15) is 4.79 Å². The van der Waals surface area contributed by atoms with E-state index in [0.717, 1.165) is 18.8 Å². The molecule has 1 aromatic rings. The molecule has 0 aliphatic rings. The van der Waals surface area contributed by atoms with Gasteiger partial charge in [-0.15, -0.1) is 0 Å². The molecule has 0 heterocycles. The highest BCUT2D eigenvalue weighted by molar-refractivity contribution is 5.81. The van der Waals surface area contributed by atoms with Crippen LogP contribution in [0.15, 0.2) is 24.3 Å². The zero-order valence-corrected chi connectivity index (χ0v) is 13.6. The van der Waals surface area contributed by atoms with Crippen molar-refractivity contribution in [2.45, 2.75) is 40.2 Å². The molecular formula is C17H28N2O2. The molecule has 1 aromatic carbocycles. The van der Waals surface area contributed by atoms with Crippen LogP contribution in [0.1, 0.15) is 33.3 Å². The Labute approximate surface area is 128 Å². The largest absolute Gasteiger partial charge is 0.493 e. The molecule has 0 aliphatic carbocycles. The van der Waals surface area contributed by atoms with Crippen molar-refractivity contribution in [2.75, 3.05) is 13.2 Å². The lowest BCUT2D eigenvalue weighted by atomic mass is 10.0. The summed E-state index contributed by atoms with van der Waals surface area (Å²) in [5.41, 5.74) is 6.96. The van der Waals surface area contributed by atoms with Crippen molar-refractivity contribution in [2.24, 2.45) is 17.6 Å². The first kappa shape index (κ1) is 17.5. The van der Waals surface area contributed by atoms with E-state index < -0.39 is 6.04 Å². The Bertz CT molecular complexity index is 427. The van der Waals surface area contributed by atoms with Gasteiger partial charge in [0.25, 0.3) is 0 Å². The van der Waals surface area contributed by atoms with Gasteiger partial charge in [-0.25, -0.2) is 0 Å². The highest BCUT2D eigenvalue weighted by atomic mass is 16.5. The summed E-state index contributed by atoms with van der Waals surface area (Å²) in [6, 6.07) is 7.57. The van der Waals surface area contributed by atoms with E-state index in [1.54, 1.807) is 0 Å². The lowest BCUT2D eigenvalue weighted by Gasteiger charge is -2.15. The van der Waals surface area contributed by atoms with Gasteiger partial charge in [0.15, 0.2) is 0 Å². The SMILES string of the molecule is CC(C)COc1ccc(CCNC(=O)[C@@H](N)C(C)C)cc1. The van der Waals surface area contributed by atoms with Crippen molar-refractivity contribution < 1.29 is 9.53 Å². The van der Waals surface area contributed by atoms with E-state index >= 15 is 0 Å². The van der Waals surface area contributed by atoms with E-state index in [0.29, 0.717) is 12.5 Å². The maximum absolute atomic E-state index is 11.7. The molecule has 0 saturated carbocycles. The minimum Gasteiger partial charge on any atom is -0.493 e. The summed E-state index contributed by atoms with van der Waals surface area (Å²) in [7, 11) is 0. The van der Waals surface area contributed by atoms with Crippen LogP contribution in [0, 0.1) is 11.8 Å². The van der Waals surface area contributed by atoms with Crippen LogP contribution in [-0.4, -0.2) is 25.1 Å². The molecule has 0 aromatic heterocycles. The molecule has 4 heteroatoms. The Balaban J connectivity index is 2.34. The van der Waals surface area contributed by atoms with Crippen LogP contribution in [0.5, 0.6) is 5.75 Å². The summed E-state index contributed by atoms with van der Waals surface area (Å²) < 4.78 is 5.64. The van der Waals surface area contributed by atoms with Gasteiger partial charge in [-0.1, -0.05) is 39.8 Å². The van der Waals surface area contributed by atoms with Gasteiger partial charge in [-0.3, -0.25) is 4.79 Å². The van der Waals surface area contributed by atoms with Gasteiger partial charge in [-0.05, 0) is 36.0 Å². The van der Waals surface area contributed by atoms with Crippen molar-refractivity contribution in [3.8, 4) is 5.75 Å². The number of amides is 1. The number of hydrogen-bond donors (Lipinski definition) is 2.